The van der Waals surface area contributed by atoms with E-state index in [1.165, 1.54) is 11.8 Å². The van der Waals surface area contributed by atoms with Crippen LogP contribution in [0.15, 0.2) is 11.1 Å². The number of thioether (sulfide) groups is 1. The van der Waals surface area contributed by atoms with Gasteiger partial charge in [0.1, 0.15) is 16.7 Å². The van der Waals surface area contributed by atoms with Gasteiger partial charge in [0.05, 0.1) is 12.4 Å². The third kappa shape index (κ3) is 4.60. The van der Waals surface area contributed by atoms with E-state index in [-0.39, 0.29) is 17.6 Å². The van der Waals surface area contributed by atoms with Crippen LogP contribution >= 0.6 is 11.8 Å². The number of hydrogen-bond acceptors (Lipinski definition) is 6. The van der Waals surface area contributed by atoms with Gasteiger partial charge < -0.3 is 10.5 Å². The molecule has 0 unspecified atom stereocenters. The largest absolute Gasteiger partial charge is 0.465 e. The van der Waals surface area contributed by atoms with Gasteiger partial charge in [0.15, 0.2) is 0 Å². The lowest BCUT2D eigenvalue weighted by Gasteiger charge is -2.07. The van der Waals surface area contributed by atoms with Crippen molar-refractivity contribution >= 4 is 23.5 Å². The maximum atomic E-state index is 11.2. The quantitative estimate of drug-likeness (QED) is 0.491. The van der Waals surface area contributed by atoms with Gasteiger partial charge in [0.25, 0.3) is 0 Å². The first-order valence-electron chi connectivity index (χ1n) is 5.45. The van der Waals surface area contributed by atoms with E-state index in [4.69, 9.17) is 10.5 Å². The molecule has 0 radical (unpaired) electrons. The number of nitrogens with two attached hydrogens (primary N) is 1. The molecule has 0 aliphatic rings. The second-order valence-electron chi connectivity index (χ2n) is 3.74. The SMILES string of the molecule is CCOC(=O)CSc1cc(N)nc(C(C)C)n1. The van der Waals surface area contributed by atoms with Crippen LogP contribution in [-0.2, 0) is 9.53 Å². The maximum absolute atomic E-state index is 11.2. The van der Waals surface area contributed by atoms with Crippen molar-refractivity contribution in [2.24, 2.45) is 0 Å². The molecule has 0 saturated carbocycles. The van der Waals surface area contributed by atoms with Gasteiger partial charge in [-0.2, -0.15) is 0 Å². The molecule has 1 aromatic rings. The van der Waals surface area contributed by atoms with E-state index in [0.29, 0.717) is 23.3 Å². The molecule has 6 heteroatoms. The van der Waals surface area contributed by atoms with Crippen LogP contribution in [0.2, 0.25) is 0 Å². The van der Waals surface area contributed by atoms with Crippen LogP contribution in [0.5, 0.6) is 0 Å². The number of ether oxygens (including phenoxy) is 1. The zero-order chi connectivity index (χ0) is 12.8. The normalized spacial score (nSPS) is 10.6. The van der Waals surface area contributed by atoms with Crippen LogP contribution in [0, 0.1) is 0 Å². The van der Waals surface area contributed by atoms with Crippen molar-refractivity contribution in [2.45, 2.75) is 31.7 Å². The van der Waals surface area contributed by atoms with Crippen molar-refractivity contribution in [1.29, 1.82) is 0 Å². The van der Waals surface area contributed by atoms with E-state index in [1.807, 2.05) is 13.8 Å². The molecule has 5 nitrogen and oxygen atoms in total. The number of hydrogen-bond donors (Lipinski definition) is 1. The van der Waals surface area contributed by atoms with Crippen LogP contribution in [0.4, 0.5) is 5.82 Å². The summed E-state index contributed by atoms with van der Waals surface area (Å²) in [5.41, 5.74) is 5.68. The smallest absolute Gasteiger partial charge is 0.316 e. The van der Waals surface area contributed by atoms with Gasteiger partial charge in [-0.15, -0.1) is 0 Å². The monoisotopic (exact) mass is 255 g/mol. The second kappa shape index (κ2) is 6.44. The molecule has 1 aromatic heterocycles. The van der Waals surface area contributed by atoms with Gasteiger partial charge in [0, 0.05) is 12.0 Å². The number of carbonyl (C=O) groups is 1. The van der Waals surface area contributed by atoms with Crippen LogP contribution in [0.25, 0.3) is 0 Å². The summed E-state index contributed by atoms with van der Waals surface area (Å²) >= 11 is 1.31. The van der Waals surface area contributed by atoms with Crippen molar-refractivity contribution in [2.75, 3.05) is 18.1 Å². The first-order valence-corrected chi connectivity index (χ1v) is 6.44. The molecule has 2 N–H and O–H groups in total. The molecule has 0 aliphatic heterocycles. The fourth-order valence-corrected chi connectivity index (χ4v) is 1.84. The molecule has 0 aromatic carbocycles. The standard InChI is InChI=1S/C11H17N3O2S/c1-4-16-10(15)6-17-9-5-8(12)13-11(14-9)7(2)3/h5,7H,4,6H2,1-3H3,(H2,12,13,14). The number of nitrogens with zero attached hydrogens (tertiary/aromatic N) is 2. The first-order chi connectivity index (χ1) is 8.02. The van der Waals surface area contributed by atoms with Crippen LogP contribution in [0.3, 0.4) is 0 Å². The summed E-state index contributed by atoms with van der Waals surface area (Å²) in [6.07, 6.45) is 0. The molecule has 0 amide bonds. The summed E-state index contributed by atoms with van der Waals surface area (Å²) < 4.78 is 4.84. The third-order valence-corrected chi connectivity index (χ3v) is 2.78. The van der Waals surface area contributed by atoms with Gasteiger partial charge in [-0.1, -0.05) is 25.6 Å². The van der Waals surface area contributed by atoms with E-state index in [1.54, 1.807) is 13.0 Å². The van der Waals surface area contributed by atoms with Gasteiger partial charge >= 0.3 is 5.97 Å². The summed E-state index contributed by atoms with van der Waals surface area (Å²) in [6, 6.07) is 1.66. The average Bonchev–Trinajstić information content (AvgIpc) is 2.26. The Kier molecular flexibility index (Phi) is 5.21. The van der Waals surface area contributed by atoms with E-state index in [0.717, 1.165) is 0 Å². The van der Waals surface area contributed by atoms with Crippen molar-refractivity contribution < 1.29 is 9.53 Å². The number of anilines is 1. The highest BCUT2D eigenvalue weighted by Gasteiger charge is 2.09. The Bertz CT molecular complexity index is 396. The number of nitrogen functional groups attached to an aromatic ring is 1. The molecule has 0 aliphatic carbocycles. The molecule has 0 saturated heterocycles. The molecule has 94 valence electrons. The molecular formula is C11H17N3O2S. The molecule has 1 rings (SSSR count). The molecule has 17 heavy (non-hydrogen) atoms. The third-order valence-electron chi connectivity index (χ3n) is 1.90. The Morgan fingerprint density at radius 2 is 2.24 bits per heavy atom. The Balaban J connectivity index is 2.68. The fraction of sp³-hybridized carbons (Fsp3) is 0.545. The number of carbonyl (C=O) groups excluding carboxylic acids is 1. The minimum absolute atomic E-state index is 0.209. The highest BCUT2D eigenvalue weighted by Crippen LogP contribution is 2.20. The van der Waals surface area contributed by atoms with E-state index in [9.17, 15) is 4.79 Å². The zero-order valence-corrected chi connectivity index (χ0v) is 11.1. The highest BCUT2D eigenvalue weighted by molar-refractivity contribution is 7.99. The Labute approximate surface area is 105 Å². The second-order valence-corrected chi connectivity index (χ2v) is 4.73. The average molecular weight is 255 g/mol. The first kappa shape index (κ1) is 13.8. The van der Waals surface area contributed by atoms with Crippen LogP contribution < -0.4 is 5.73 Å². The summed E-state index contributed by atoms with van der Waals surface area (Å²) in [5, 5.41) is 0.703. The summed E-state index contributed by atoms with van der Waals surface area (Å²) in [7, 11) is 0. The summed E-state index contributed by atoms with van der Waals surface area (Å²) in [6.45, 7) is 6.16. The fourth-order valence-electron chi connectivity index (χ4n) is 1.13. The number of aromatic nitrogens is 2. The predicted octanol–water partition coefficient (Wildman–Crippen LogP) is 1.84. The lowest BCUT2D eigenvalue weighted by Crippen LogP contribution is -2.08. The Morgan fingerprint density at radius 1 is 1.53 bits per heavy atom. The number of rotatable bonds is 5. The van der Waals surface area contributed by atoms with Gasteiger partial charge in [0.2, 0.25) is 0 Å². The summed E-state index contributed by atoms with van der Waals surface area (Å²) in [4.78, 5) is 19.7. The molecule has 0 fully saturated rings. The van der Waals surface area contributed by atoms with Gasteiger partial charge in [-0.3, -0.25) is 4.79 Å². The van der Waals surface area contributed by atoms with Gasteiger partial charge in [-0.25, -0.2) is 9.97 Å². The predicted molar refractivity (Wildman–Crippen MR) is 67.9 cm³/mol. The van der Waals surface area contributed by atoms with Crippen molar-refractivity contribution in [3.05, 3.63) is 11.9 Å². The zero-order valence-electron chi connectivity index (χ0n) is 10.3. The Hall–Kier alpha value is -1.30. The van der Waals surface area contributed by atoms with Crippen molar-refractivity contribution in [3.8, 4) is 0 Å². The van der Waals surface area contributed by atoms with E-state index < -0.39 is 0 Å². The summed E-state index contributed by atoms with van der Waals surface area (Å²) in [5.74, 6) is 1.31. The molecule has 0 bridgehead atoms. The molecule has 0 spiro atoms. The number of esters is 1. The lowest BCUT2D eigenvalue weighted by atomic mass is 10.2. The van der Waals surface area contributed by atoms with Gasteiger partial charge in [-0.05, 0) is 6.92 Å². The topological polar surface area (TPSA) is 78.1 Å². The molecule has 1 heterocycles. The molecular weight excluding hydrogens is 238 g/mol. The minimum atomic E-state index is -0.249. The van der Waals surface area contributed by atoms with Crippen molar-refractivity contribution in [3.63, 3.8) is 0 Å². The van der Waals surface area contributed by atoms with Crippen LogP contribution in [-0.4, -0.2) is 28.3 Å². The molecule has 0 atom stereocenters. The van der Waals surface area contributed by atoms with Crippen molar-refractivity contribution in [1.82, 2.24) is 9.97 Å². The highest BCUT2D eigenvalue weighted by atomic mass is 32.2. The van der Waals surface area contributed by atoms with E-state index in [2.05, 4.69) is 9.97 Å². The maximum Gasteiger partial charge on any atom is 0.316 e. The van der Waals surface area contributed by atoms with Crippen LogP contribution in [0.1, 0.15) is 32.5 Å². The van der Waals surface area contributed by atoms with E-state index >= 15 is 0 Å². The lowest BCUT2D eigenvalue weighted by molar-refractivity contribution is -0.139. The Morgan fingerprint density at radius 3 is 2.82 bits per heavy atom. The minimum Gasteiger partial charge on any atom is -0.465 e.